The number of nitrogens with zero attached hydrogens (tertiary/aromatic N) is 8. The zero-order valence-electron chi connectivity index (χ0n) is 17.8. The summed E-state index contributed by atoms with van der Waals surface area (Å²) in [5.41, 5.74) is 3.85. The summed E-state index contributed by atoms with van der Waals surface area (Å²) in [6.45, 7) is 3.48. The van der Waals surface area contributed by atoms with Crippen LogP contribution in [0.15, 0.2) is 52.9 Å². The average molecular weight is 459 g/mol. The Labute approximate surface area is 193 Å². The standard InChI is InChI=1S/C23H19FN8S/c1-15-19(12-29-32(15)18-4-7-30(14-26)8-5-18)16-9-21(33-23-20(24)3-2-6-27-23)22-17(10-25)11-28-31(22)13-16/h2-3,6,9,11-13,18H,4-5,7-8H2,1H3. The molecule has 10 heteroatoms. The van der Waals surface area contributed by atoms with Gasteiger partial charge in [-0.25, -0.2) is 13.9 Å². The average Bonchev–Trinajstić information content (AvgIpc) is 3.44. The van der Waals surface area contributed by atoms with Gasteiger partial charge in [-0.15, -0.1) is 0 Å². The van der Waals surface area contributed by atoms with E-state index in [4.69, 9.17) is 5.26 Å². The van der Waals surface area contributed by atoms with Crippen molar-refractivity contribution in [2.75, 3.05) is 13.1 Å². The second-order valence-electron chi connectivity index (χ2n) is 7.86. The Bertz CT molecular complexity index is 1420. The molecule has 0 spiro atoms. The first-order chi connectivity index (χ1) is 16.1. The van der Waals surface area contributed by atoms with Crippen LogP contribution in [0.3, 0.4) is 0 Å². The number of piperidine rings is 1. The van der Waals surface area contributed by atoms with Gasteiger partial charge in [-0.2, -0.15) is 20.7 Å². The van der Waals surface area contributed by atoms with Crippen molar-refractivity contribution in [1.29, 1.82) is 10.5 Å². The van der Waals surface area contributed by atoms with Crippen LogP contribution in [0.1, 0.15) is 30.1 Å². The molecular weight excluding hydrogens is 439 g/mol. The number of aromatic nitrogens is 5. The van der Waals surface area contributed by atoms with E-state index in [0.717, 1.165) is 42.8 Å². The first-order valence-electron chi connectivity index (χ1n) is 10.5. The highest BCUT2D eigenvalue weighted by Gasteiger charge is 2.23. The number of pyridine rings is 2. The fourth-order valence-corrected chi connectivity index (χ4v) is 5.20. The molecule has 33 heavy (non-hydrogen) atoms. The van der Waals surface area contributed by atoms with E-state index in [9.17, 15) is 9.65 Å². The van der Waals surface area contributed by atoms with Crippen molar-refractivity contribution >= 4 is 17.3 Å². The lowest BCUT2D eigenvalue weighted by Gasteiger charge is -2.29. The number of halogens is 1. The third kappa shape index (κ3) is 3.79. The highest BCUT2D eigenvalue weighted by Crippen LogP contribution is 2.37. The summed E-state index contributed by atoms with van der Waals surface area (Å²) in [7, 11) is 0. The third-order valence-electron chi connectivity index (χ3n) is 5.94. The molecule has 8 nitrogen and oxygen atoms in total. The van der Waals surface area contributed by atoms with Gasteiger partial charge >= 0.3 is 0 Å². The van der Waals surface area contributed by atoms with Crippen molar-refractivity contribution in [3.63, 3.8) is 0 Å². The van der Waals surface area contributed by atoms with Crippen molar-refractivity contribution in [3.05, 3.63) is 60.1 Å². The van der Waals surface area contributed by atoms with Gasteiger partial charge in [0.1, 0.15) is 11.1 Å². The highest BCUT2D eigenvalue weighted by molar-refractivity contribution is 7.99. The quantitative estimate of drug-likeness (QED) is 0.423. The summed E-state index contributed by atoms with van der Waals surface area (Å²) in [6.07, 6.45) is 10.7. The summed E-state index contributed by atoms with van der Waals surface area (Å²) in [5, 5.41) is 27.9. The smallest absolute Gasteiger partial charge is 0.179 e. The lowest BCUT2D eigenvalue weighted by atomic mass is 10.0. The predicted octanol–water partition coefficient (Wildman–Crippen LogP) is 4.18. The van der Waals surface area contributed by atoms with Crippen LogP contribution < -0.4 is 0 Å². The SMILES string of the molecule is Cc1c(-c2cc(Sc3ncccc3F)c3c(C#N)cnn3c2)cnn1C1CCN(C#N)CC1. The molecule has 0 radical (unpaired) electrons. The summed E-state index contributed by atoms with van der Waals surface area (Å²) in [4.78, 5) is 6.61. The molecular formula is C23H19FN8S. The highest BCUT2D eigenvalue weighted by atomic mass is 32.2. The maximum Gasteiger partial charge on any atom is 0.179 e. The zero-order chi connectivity index (χ0) is 22.9. The minimum Gasteiger partial charge on any atom is -0.310 e. The molecule has 0 aromatic carbocycles. The Morgan fingerprint density at radius 3 is 2.73 bits per heavy atom. The van der Waals surface area contributed by atoms with Gasteiger partial charge in [0.2, 0.25) is 0 Å². The van der Waals surface area contributed by atoms with Crippen molar-refractivity contribution in [1.82, 2.24) is 29.3 Å². The van der Waals surface area contributed by atoms with Crippen LogP contribution in [0.5, 0.6) is 0 Å². The van der Waals surface area contributed by atoms with Gasteiger partial charge < -0.3 is 4.90 Å². The summed E-state index contributed by atoms with van der Waals surface area (Å²) < 4.78 is 18.0. The van der Waals surface area contributed by atoms with Gasteiger partial charge in [0, 0.05) is 47.2 Å². The second kappa shape index (κ2) is 8.57. The molecule has 0 saturated carbocycles. The fourth-order valence-electron chi connectivity index (χ4n) is 4.23. The lowest BCUT2D eigenvalue weighted by Crippen LogP contribution is -2.31. The van der Waals surface area contributed by atoms with Gasteiger partial charge in [0.25, 0.3) is 0 Å². The van der Waals surface area contributed by atoms with E-state index < -0.39 is 5.82 Å². The maximum atomic E-state index is 14.3. The number of nitriles is 2. The predicted molar refractivity (Wildman–Crippen MR) is 120 cm³/mol. The van der Waals surface area contributed by atoms with E-state index in [1.807, 2.05) is 30.1 Å². The fraction of sp³-hybridized carbons (Fsp3) is 0.261. The summed E-state index contributed by atoms with van der Waals surface area (Å²) >= 11 is 1.17. The first-order valence-corrected chi connectivity index (χ1v) is 11.3. The third-order valence-corrected chi connectivity index (χ3v) is 6.96. The van der Waals surface area contributed by atoms with Crippen LogP contribution >= 0.6 is 11.8 Å². The Balaban J connectivity index is 1.56. The molecule has 0 bridgehead atoms. The van der Waals surface area contributed by atoms with E-state index >= 15 is 0 Å². The molecule has 1 saturated heterocycles. The van der Waals surface area contributed by atoms with Crippen LogP contribution in [-0.2, 0) is 0 Å². The minimum absolute atomic E-state index is 0.235. The zero-order valence-corrected chi connectivity index (χ0v) is 18.6. The molecule has 0 N–H and O–H groups in total. The number of hydrogen-bond acceptors (Lipinski definition) is 7. The topological polar surface area (TPSA) is 98.8 Å². The number of rotatable bonds is 4. The number of fused-ring (bicyclic) bond motifs is 1. The minimum atomic E-state index is -0.420. The van der Waals surface area contributed by atoms with Crippen LogP contribution in [0.4, 0.5) is 4.39 Å². The molecule has 0 atom stereocenters. The van der Waals surface area contributed by atoms with Crippen LogP contribution in [-0.4, -0.2) is 42.4 Å². The Morgan fingerprint density at radius 2 is 2.00 bits per heavy atom. The van der Waals surface area contributed by atoms with Crippen LogP contribution in [0.25, 0.3) is 16.6 Å². The molecule has 1 aliphatic rings. The van der Waals surface area contributed by atoms with Gasteiger partial charge in [0.15, 0.2) is 12.0 Å². The van der Waals surface area contributed by atoms with Crippen molar-refractivity contribution < 1.29 is 4.39 Å². The molecule has 0 amide bonds. The van der Waals surface area contributed by atoms with E-state index in [1.54, 1.807) is 21.7 Å². The number of hydrogen-bond donors (Lipinski definition) is 0. The van der Waals surface area contributed by atoms with Gasteiger partial charge in [-0.1, -0.05) is 11.8 Å². The van der Waals surface area contributed by atoms with Crippen molar-refractivity contribution in [3.8, 4) is 23.4 Å². The normalized spacial score (nSPS) is 14.4. The molecule has 1 aliphatic heterocycles. The molecule has 0 unspecified atom stereocenters. The molecule has 4 aromatic heterocycles. The van der Waals surface area contributed by atoms with E-state index in [0.29, 0.717) is 16.0 Å². The van der Waals surface area contributed by atoms with Crippen LogP contribution in [0, 0.1) is 35.5 Å². The molecule has 4 aromatic rings. The van der Waals surface area contributed by atoms with Crippen molar-refractivity contribution in [2.24, 2.45) is 0 Å². The Morgan fingerprint density at radius 1 is 1.18 bits per heavy atom. The molecule has 164 valence electrons. The van der Waals surface area contributed by atoms with Crippen LogP contribution in [0.2, 0.25) is 0 Å². The van der Waals surface area contributed by atoms with E-state index in [-0.39, 0.29) is 11.1 Å². The lowest BCUT2D eigenvalue weighted by molar-refractivity contribution is 0.239. The Kier molecular flexibility index (Phi) is 5.45. The number of likely N-dealkylation sites (tertiary alicyclic amines) is 1. The van der Waals surface area contributed by atoms with Gasteiger partial charge in [-0.3, -0.25) is 4.68 Å². The monoisotopic (exact) mass is 458 g/mol. The molecule has 5 heterocycles. The first kappa shape index (κ1) is 21.0. The Hall–Kier alpha value is -3.89. The van der Waals surface area contributed by atoms with E-state index in [2.05, 4.69) is 27.4 Å². The largest absolute Gasteiger partial charge is 0.310 e. The summed E-state index contributed by atoms with van der Waals surface area (Å²) in [5.74, 6) is -0.420. The molecule has 0 aliphatic carbocycles. The van der Waals surface area contributed by atoms with Gasteiger partial charge in [-0.05, 0) is 38.0 Å². The summed E-state index contributed by atoms with van der Waals surface area (Å²) in [6, 6.07) is 7.24. The second-order valence-corrected chi connectivity index (χ2v) is 8.89. The maximum absolute atomic E-state index is 14.3. The van der Waals surface area contributed by atoms with Gasteiger partial charge in [0.05, 0.1) is 29.5 Å². The van der Waals surface area contributed by atoms with E-state index in [1.165, 1.54) is 24.0 Å². The molecule has 5 rings (SSSR count). The molecule has 1 fully saturated rings. The van der Waals surface area contributed by atoms with Crippen molar-refractivity contribution in [2.45, 2.75) is 35.7 Å².